The maximum Gasteiger partial charge on any atom is 0.322 e. The quantitative estimate of drug-likeness (QED) is 0.765. The minimum absolute atomic E-state index is 0.169. The lowest BCUT2D eigenvalue weighted by Crippen LogP contribution is -2.45. The average Bonchev–Trinajstić information content (AvgIpc) is 3.31. The second-order valence-electron chi connectivity index (χ2n) is 7.55. The van der Waals surface area contributed by atoms with E-state index in [2.05, 4.69) is 15.3 Å². The highest BCUT2D eigenvalue weighted by molar-refractivity contribution is 5.89. The van der Waals surface area contributed by atoms with Gasteiger partial charge in [0.1, 0.15) is 0 Å². The van der Waals surface area contributed by atoms with E-state index >= 15 is 0 Å². The molecule has 0 aromatic carbocycles. The highest BCUT2D eigenvalue weighted by Crippen LogP contribution is 2.28. The van der Waals surface area contributed by atoms with E-state index in [4.69, 9.17) is 4.74 Å². The molecule has 3 rings (SSSR count). The fourth-order valence-corrected chi connectivity index (χ4v) is 2.98. The number of nitrogens with zero attached hydrogens (tertiary/aromatic N) is 4. The Morgan fingerprint density at radius 2 is 2.12 bits per heavy atom. The van der Waals surface area contributed by atoms with Crippen LogP contribution in [0.5, 0.6) is 0 Å². The summed E-state index contributed by atoms with van der Waals surface area (Å²) in [5.74, 6) is 0. The van der Waals surface area contributed by atoms with Gasteiger partial charge in [-0.05, 0) is 26.7 Å². The summed E-state index contributed by atoms with van der Waals surface area (Å²) < 4.78 is 7.20. The predicted octanol–water partition coefficient (Wildman–Crippen LogP) is 0.983. The van der Waals surface area contributed by atoms with E-state index in [1.807, 2.05) is 10.9 Å². The molecule has 1 aromatic heterocycles. The Hall–Kier alpha value is -1.64. The summed E-state index contributed by atoms with van der Waals surface area (Å²) in [5, 5.41) is 17.3. The normalized spacial score (nSPS) is 19.0. The van der Waals surface area contributed by atoms with E-state index in [0.29, 0.717) is 12.2 Å². The average molecular weight is 351 g/mol. The van der Waals surface area contributed by atoms with Crippen LogP contribution in [0.4, 0.5) is 10.5 Å². The van der Waals surface area contributed by atoms with Gasteiger partial charge in [-0.1, -0.05) is 0 Å². The Morgan fingerprint density at radius 1 is 1.40 bits per heavy atom. The lowest BCUT2D eigenvalue weighted by molar-refractivity contribution is 0.0360. The summed E-state index contributed by atoms with van der Waals surface area (Å²) in [6, 6.07) is 0.0696. The van der Waals surface area contributed by atoms with Crippen LogP contribution < -0.4 is 5.32 Å². The Kier molecular flexibility index (Phi) is 5.61. The zero-order chi connectivity index (χ0) is 17.9. The molecule has 0 radical (unpaired) electrons. The standard InChI is InChI=1S/C17H29N5O3/c1-17(2,24)13-22(15-3-4-15)16(23)19-14-11-18-21(12-14)6-5-20-7-9-25-10-8-20/h11-12,15,24H,3-10,13H2,1-2H3,(H,19,23). The minimum atomic E-state index is -0.901. The molecular formula is C17H29N5O3. The minimum Gasteiger partial charge on any atom is -0.389 e. The van der Waals surface area contributed by atoms with E-state index in [-0.39, 0.29) is 12.1 Å². The number of rotatable bonds is 7. The van der Waals surface area contributed by atoms with Gasteiger partial charge in [0.25, 0.3) is 0 Å². The maximum absolute atomic E-state index is 12.5. The van der Waals surface area contributed by atoms with Crippen molar-refractivity contribution in [3.8, 4) is 0 Å². The zero-order valence-electron chi connectivity index (χ0n) is 15.1. The number of anilines is 1. The van der Waals surface area contributed by atoms with Crippen molar-refractivity contribution in [2.45, 2.75) is 44.9 Å². The fraction of sp³-hybridized carbons (Fsp3) is 0.765. The van der Waals surface area contributed by atoms with Gasteiger partial charge in [-0.25, -0.2) is 4.79 Å². The molecule has 2 aliphatic rings. The molecule has 8 heteroatoms. The topological polar surface area (TPSA) is 82.9 Å². The number of ether oxygens (including phenoxy) is 1. The number of hydrogen-bond acceptors (Lipinski definition) is 5. The number of hydrogen-bond donors (Lipinski definition) is 2. The second-order valence-corrected chi connectivity index (χ2v) is 7.55. The van der Waals surface area contributed by atoms with Crippen LogP contribution in [-0.2, 0) is 11.3 Å². The lowest BCUT2D eigenvalue weighted by atomic mass is 10.1. The molecule has 0 bridgehead atoms. The first kappa shape index (κ1) is 18.2. The molecule has 2 fully saturated rings. The molecule has 2 N–H and O–H groups in total. The van der Waals surface area contributed by atoms with Gasteiger partial charge < -0.3 is 20.1 Å². The fourth-order valence-electron chi connectivity index (χ4n) is 2.98. The van der Waals surface area contributed by atoms with Crippen LogP contribution in [0, 0.1) is 0 Å². The molecule has 1 aliphatic heterocycles. The summed E-state index contributed by atoms with van der Waals surface area (Å²) in [4.78, 5) is 16.6. The zero-order valence-corrected chi connectivity index (χ0v) is 15.1. The molecule has 2 amide bonds. The second kappa shape index (κ2) is 7.72. The number of aliphatic hydroxyl groups is 1. The molecule has 1 aliphatic carbocycles. The SMILES string of the molecule is CC(C)(O)CN(C(=O)Nc1cnn(CCN2CCOCC2)c1)C1CC1. The third-order valence-electron chi connectivity index (χ3n) is 4.44. The number of aromatic nitrogens is 2. The predicted molar refractivity (Wildman–Crippen MR) is 94.5 cm³/mol. The Bertz CT molecular complexity index is 573. The van der Waals surface area contributed by atoms with Gasteiger partial charge in [-0.3, -0.25) is 9.58 Å². The highest BCUT2D eigenvalue weighted by atomic mass is 16.5. The molecular weight excluding hydrogens is 322 g/mol. The van der Waals surface area contributed by atoms with Gasteiger partial charge in [0.05, 0.1) is 43.8 Å². The third-order valence-corrected chi connectivity index (χ3v) is 4.44. The Labute approximate surface area is 148 Å². The monoisotopic (exact) mass is 351 g/mol. The smallest absolute Gasteiger partial charge is 0.322 e. The van der Waals surface area contributed by atoms with E-state index in [9.17, 15) is 9.90 Å². The van der Waals surface area contributed by atoms with Crippen molar-refractivity contribution in [1.29, 1.82) is 0 Å². The highest BCUT2D eigenvalue weighted by Gasteiger charge is 2.35. The van der Waals surface area contributed by atoms with Gasteiger partial charge in [0.2, 0.25) is 0 Å². The van der Waals surface area contributed by atoms with Crippen LogP contribution in [0.1, 0.15) is 26.7 Å². The van der Waals surface area contributed by atoms with Crippen LogP contribution in [0.15, 0.2) is 12.4 Å². The van der Waals surface area contributed by atoms with Crippen molar-refractivity contribution >= 4 is 11.7 Å². The van der Waals surface area contributed by atoms with E-state index < -0.39 is 5.60 Å². The van der Waals surface area contributed by atoms with Gasteiger partial charge in [-0.2, -0.15) is 5.10 Å². The molecule has 0 unspecified atom stereocenters. The molecule has 8 nitrogen and oxygen atoms in total. The van der Waals surface area contributed by atoms with Gasteiger partial charge in [0, 0.05) is 31.9 Å². The van der Waals surface area contributed by atoms with Gasteiger partial charge in [0.15, 0.2) is 0 Å². The van der Waals surface area contributed by atoms with Crippen molar-refractivity contribution in [2.75, 3.05) is 44.7 Å². The third kappa shape index (κ3) is 5.69. The van der Waals surface area contributed by atoms with Crippen LogP contribution >= 0.6 is 0 Å². The molecule has 0 spiro atoms. The molecule has 0 atom stereocenters. The summed E-state index contributed by atoms with van der Waals surface area (Å²) in [5.41, 5.74) is -0.212. The van der Waals surface area contributed by atoms with Crippen molar-refractivity contribution in [1.82, 2.24) is 19.6 Å². The summed E-state index contributed by atoms with van der Waals surface area (Å²) in [6.45, 7) is 8.97. The molecule has 1 saturated carbocycles. The number of urea groups is 1. The van der Waals surface area contributed by atoms with Crippen molar-refractivity contribution in [3.63, 3.8) is 0 Å². The number of nitrogens with one attached hydrogen (secondary N) is 1. The van der Waals surface area contributed by atoms with Crippen LogP contribution in [0.3, 0.4) is 0 Å². The molecule has 140 valence electrons. The Balaban J connectivity index is 1.50. The van der Waals surface area contributed by atoms with Crippen molar-refractivity contribution in [3.05, 3.63) is 12.4 Å². The Morgan fingerprint density at radius 3 is 2.76 bits per heavy atom. The molecule has 1 saturated heterocycles. The summed E-state index contributed by atoms with van der Waals surface area (Å²) in [6.07, 6.45) is 5.53. The van der Waals surface area contributed by atoms with Crippen LogP contribution in [0.2, 0.25) is 0 Å². The first-order valence-electron chi connectivity index (χ1n) is 9.03. The van der Waals surface area contributed by atoms with Crippen LogP contribution in [-0.4, -0.2) is 81.8 Å². The molecule has 1 aromatic rings. The largest absolute Gasteiger partial charge is 0.389 e. The van der Waals surface area contributed by atoms with E-state index in [1.54, 1.807) is 24.9 Å². The van der Waals surface area contributed by atoms with Gasteiger partial charge in [-0.15, -0.1) is 0 Å². The van der Waals surface area contributed by atoms with Crippen molar-refractivity contribution < 1.29 is 14.6 Å². The number of carbonyl (C=O) groups is 1. The van der Waals surface area contributed by atoms with Crippen molar-refractivity contribution in [2.24, 2.45) is 0 Å². The lowest BCUT2D eigenvalue weighted by Gasteiger charge is -2.29. The molecule has 2 heterocycles. The van der Waals surface area contributed by atoms with Crippen LogP contribution in [0.25, 0.3) is 0 Å². The van der Waals surface area contributed by atoms with E-state index in [0.717, 1.165) is 52.2 Å². The number of carbonyl (C=O) groups excluding carboxylic acids is 1. The number of amides is 2. The van der Waals surface area contributed by atoms with E-state index in [1.165, 1.54) is 0 Å². The first-order chi connectivity index (χ1) is 11.9. The number of morpholine rings is 1. The van der Waals surface area contributed by atoms with Gasteiger partial charge >= 0.3 is 6.03 Å². The summed E-state index contributed by atoms with van der Waals surface area (Å²) in [7, 11) is 0. The summed E-state index contributed by atoms with van der Waals surface area (Å²) >= 11 is 0. The molecule has 25 heavy (non-hydrogen) atoms. The first-order valence-corrected chi connectivity index (χ1v) is 9.03. The maximum atomic E-state index is 12.5.